The number of anilines is 1. The number of nitrogens with zero attached hydrogens (tertiary/aromatic N) is 2. The molecule has 0 aliphatic heterocycles. The number of hydrogen-bond donors (Lipinski definition) is 3. The smallest absolute Gasteiger partial charge is 0.287 e. The van der Waals surface area contributed by atoms with Gasteiger partial charge < -0.3 is 5.73 Å². The largest absolute Gasteiger partial charge is 0.396 e. The van der Waals surface area contributed by atoms with Gasteiger partial charge in [0.25, 0.3) is 5.91 Å². The molecule has 0 radical (unpaired) electrons. The van der Waals surface area contributed by atoms with Crippen LogP contribution < -0.4 is 17.0 Å². The van der Waals surface area contributed by atoms with Crippen molar-refractivity contribution >= 4 is 34.1 Å². The molecule has 0 saturated heterocycles. The second-order valence-electron chi connectivity index (χ2n) is 3.10. The molecule has 6 nitrogen and oxygen atoms in total. The molecular weight excluding hydrogens is 230 g/mol. The third kappa shape index (κ3) is 1.64. The number of carbonyl (C=O) groups excluding carboxylic acids is 1. The maximum Gasteiger partial charge on any atom is 0.287 e. The molecule has 0 bridgehead atoms. The Hall–Kier alpha value is -1.92. The lowest BCUT2D eigenvalue weighted by Crippen LogP contribution is -2.31. The van der Waals surface area contributed by atoms with E-state index >= 15 is 0 Å². The molecule has 16 heavy (non-hydrogen) atoms. The summed E-state index contributed by atoms with van der Waals surface area (Å²) in [6, 6.07) is 4.95. The van der Waals surface area contributed by atoms with Crippen molar-refractivity contribution in [3.05, 3.63) is 28.9 Å². The molecule has 82 valence electrons. The van der Waals surface area contributed by atoms with Crippen LogP contribution in [0, 0.1) is 0 Å². The van der Waals surface area contributed by atoms with Gasteiger partial charge in [0.05, 0.1) is 11.2 Å². The Kier molecular flexibility index (Phi) is 2.59. The predicted octanol–water partition coefficient (Wildman–Crippen LogP) is 0.469. The van der Waals surface area contributed by atoms with Crippen molar-refractivity contribution in [2.24, 2.45) is 5.84 Å². The van der Waals surface area contributed by atoms with Crippen molar-refractivity contribution in [3.8, 4) is 0 Å². The van der Waals surface area contributed by atoms with Gasteiger partial charge >= 0.3 is 0 Å². The molecule has 2 aromatic rings. The number of hydrazine groups is 1. The molecule has 0 spiro atoms. The van der Waals surface area contributed by atoms with Gasteiger partial charge in [0, 0.05) is 10.4 Å². The van der Waals surface area contributed by atoms with Crippen LogP contribution in [0.2, 0.25) is 5.02 Å². The first-order chi connectivity index (χ1) is 7.63. The van der Waals surface area contributed by atoms with Crippen molar-refractivity contribution in [2.45, 2.75) is 0 Å². The summed E-state index contributed by atoms with van der Waals surface area (Å²) in [7, 11) is 0. The fraction of sp³-hybridized carbons (Fsp3) is 0. The van der Waals surface area contributed by atoms with Crippen LogP contribution in [0.4, 0.5) is 5.69 Å². The van der Waals surface area contributed by atoms with E-state index in [9.17, 15) is 4.79 Å². The van der Waals surface area contributed by atoms with Gasteiger partial charge in [0.1, 0.15) is 0 Å². The van der Waals surface area contributed by atoms with Crippen LogP contribution in [0.25, 0.3) is 10.9 Å². The van der Waals surface area contributed by atoms with Gasteiger partial charge in [-0.25, -0.2) is 5.84 Å². The second kappa shape index (κ2) is 3.92. The summed E-state index contributed by atoms with van der Waals surface area (Å²) in [5.74, 6) is 4.42. The second-order valence-corrected chi connectivity index (χ2v) is 3.53. The number of fused-ring (bicyclic) bond motifs is 1. The Morgan fingerprint density at radius 1 is 1.38 bits per heavy atom. The Morgan fingerprint density at radius 2 is 2.12 bits per heavy atom. The summed E-state index contributed by atoms with van der Waals surface area (Å²) >= 11 is 5.79. The van der Waals surface area contributed by atoms with Gasteiger partial charge in [-0.05, 0) is 18.2 Å². The van der Waals surface area contributed by atoms with Crippen molar-refractivity contribution in [3.63, 3.8) is 0 Å². The van der Waals surface area contributed by atoms with Gasteiger partial charge in [-0.3, -0.25) is 10.2 Å². The van der Waals surface area contributed by atoms with Crippen molar-refractivity contribution in [1.82, 2.24) is 15.6 Å². The summed E-state index contributed by atoms with van der Waals surface area (Å²) in [4.78, 5) is 11.3. The van der Waals surface area contributed by atoms with Gasteiger partial charge in [-0.15, -0.1) is 10.2 Å². The third-order valence-corrected chi connectivity index (χ3v) is 2.34. The Bertz CT molecular complexity index is 571. The molecule has 2 rings (SSSR count). The van der Waals surface area contributed by atoms with Gasteiger partial charge in [0.15, 0.2) is 5.69 Å². The molecule has 1 aromatic carbocycles. The zero-order valence-corrected chi connectivity index (χ0v) is 8.82. The summed E-state index contributed by atoms with van der Waals surface area (Å²) in [5, 5.41) is 8.67. The molecule has 0 aliphatic rings. The number of nitrogen functional groups attached to an aromatic ring is 2. The normalized spacial score (nSPS) is 10.4. The van der Waals surface area contributed by atoms with E-state index in [4.69, 9.17) is 23.2 Å². The van der Waals surface area contributed by atoms with E-state index in [1.54, 1.807) is 18.2 Å². The number of benzene rings is 1. The third-order valence-electron chi connectivity index (χ3n) is 2.11. The van der Waals surface area contributed by atoms with Crippen molar-refractivity contribution in [2.75, 3.05) is 5.73 Å². The molecule has 0 fully saturated rings. The fourth-order valence-electron chi connectivity index (χ4n) is 1.34. The minimum absolute atomic E-state index is 0.00248. The number of nitrogens with one attached hydrogen (secondary N) is 1. The van der Waals surface area contributed by atoms with Gasteiger partial charge in [-0.1, -0.05) is 11.6 Å². The highest BCUT2D eigenvalue weighted by molar-refractivity contribution is 6.31. The maximum absolute atomic E-state index is 11.3. The van der Waals surface area contributed by atoms with E-state index in [-0.39, 0.29) is 11.4 Å². The molecule has 1 aromatic heterocycles. The van der Waals surface area contributed by atoms with Crippen LogP contribution in [0.5, 0.6) is 0 Å². The first-order valence-electron chi connectivity index (χ1n) is 4.36. The van der Waals surface area contributed by atoms with E-state index in [0.29, 0.717) is 15.9 Å². The minimum atomic E-state index is -0.582. The first-order valence-corrected chi connectivity index (χ1v) is 4.73. The zero-order chi connectivity index (χ0) is 11.7. The molecule has 0 aliphatic carbocycles. The van der Waals surface area contributed by atoms with Gasteiger partial charge in [-0.2, -0.15) is 0 Å². The monoisotopic (exact) mass is 237 g/mol. The number of hydrogen-bond acceptors (Lipinski definition) is 5. The highest BCUT2D eigenvalue weighted by Crippen LogP contribution is 2.23. The van der Waals surface area contributed by atoms with Crippen LogP contribution in [-0.4, -0.2) is 16.1 Å². The lowest BCUT2D eigenvalue weighted by molar-refractivity contribution is 0.0949. The number of halogens is 1. The zero-order valence-electron chi connectivity index (χ0n) is 8.07. The quantitative estimate of drug-likeness (QED) is 0.380. The Labute approximate surface area is 95.6 Å². The molecule has 0 atom stereocenters. The van der Waals surface area contributed by atoms with E-state index in [2.05, 4.69) is 10.2 Å². The van der Waals surface area contributed by atoms with E-state index in [0.717, 1.165) is 0 Å². The van der Waals surface area contributed by atoms with Crippen LogP contribution in [0.15, 0.2) is 18.2 Å². The number of aromatic nitrogens is 2. The van der Waals surface area contributed by atoms with Crippen molar-refractivity contribution in [1.29, 1.82) is 0 Å². The summed E-state index contributed by atoms with van der Waals surface area (Å²) in [5.41, 5.74) is 8.48. The summed E-state index contributed by atoms with van der Waals surface area (Å²) < 4.78 is 0. The molecule has 5 N–H and O–H groups in total. The number of rotatable bonds is 1. The molecule has 1 amide bonds. The van der Waals surface area contributed by atoms with Gasteiger partial charge in [0.2, 0.25) is 0 Å². The SMILES string of the molecule is NNC(=O)c1nnc2cc(Cl)ccc2c1N. The molecular formula is C9H8ClN5O. The van der Waals surface area contributed by atoms with Crippen molar-refractivity contribution < 1.29 is 4.79 Å². The lowest BCUT2D eigenvalue weighted by atomic mass is 10.1. The van der Waals surface area contributed by atoms with Crippen LogP contribution in [0.3, 0.4) is 0 Å². The highest BCUT2D eigenvalue weighted by atomic mass is 35.5. The highest BCUT2D eigenvalue weighted by Gasteiger charge is 2.14. The van der Waals surface area contributed by atoms with Crippen LogP contribution in [-0.2, 0) is 0 Å². The topological polar surface area (TPSA) is 107 Å². The van der Waals surface area contributed by atoms with E-state index in [1.807, 2.05) is 5.43 Å². The predicted molar refractivity (Wildman–Crippen MR) is 60.6 cm³/mol. The molecule has 0 saturated carbocycles. The average molecular weight is 238 g/mol. The van der Waals surface area contributed by atoms with Crippen LogP contribution >= 0.6 is 11.6 Å². The summed E-state index contributed by atoms with van der Waals surface area (Å²) in [6.07, 6.45) is 0. The van der Waals surface area contributed by atoms with E-state index < -0.39 is 5.91 Å². The molecule has 1 heterocycles. The number of amides is 1. The number of nitrogens with two attached hydrogens (primary N) is 2. The summed E-state index contributed by atoms with van der Waals surface area (Å²) in [6.45, 7) is 0. The molecule has 0 unspecified atom stereocenters. The minimum Gasteiger partial charge on any atom is -0.396 e. The lowest BCUT2D eigenvalue weighted by Gasteiger charge is -2.05. The Balaban J connectivity index is 2.70. The fourth-order valence-corrected chi connectivity index (χ4v) is 1.50. The first kappa shape index (κ1) is 10.6. The van der Waals surface area contributed by atoms with Crippen LogP contribution in [0.1, 0.15) is 10.5 Å². The Morgan fingerprint density at radius 3 is 2.81 bits per heavy atom. The average Bonchev–Trinajstić information content (AvgIpc) is 2.28. The molecule has 7 heteroatoms. The standard InChI is InChI=1S/C9H8ClN5O/c10-4-1-2-5-6(3-4)14-15-8(7(5)11)9(16)13-12/h1-3H,12H2,(H2,11,14)(H,13,16). The number of carbonyl (C=O) groups is 1. The maximum atomic E-state index is 11.3. The van der Waals surface area contributed by atoms with E-state index in [1.165, 1.54) is 0 Å².